The smallest absolute Gasteiger partial charge is 0.343 e. The van der Waals surface area contributed by atoms with Crippen molar-refractivity contribution >= 4 is 29.7 Å². The summed E-state index contributed by atoms with van der Waals surface area (Å²) in [6.07, 6.45) is 0.282. The van der Waals surface area contributed by atoms with Crippen molar-refractivity contribution in [2.24, 2.45) is 4.99 Å². The molecule has 1 N–H and O–H groups in total. The van der Waals surface area contributed by atoms with E-state index in [1.165, 1.54) is 0 Å². The number of aliphatic imine (C=N–C) groups is 1. The summed E-state index contributed by atoms with van der Waals surface area (Å²) in [5, 5.41) is 9.96. The van der Waals surface area contributed by atoms with Gasteiger partial charge in [-0.25, -0.2) is 31.1 Å². The molecule has 7 nitrogen and oxygen atoms in total. The number of carbonyl (C=O) groups is 3. The Balaban J connectivity index is 0.000000389. The molecule has 0 saturated carbocycles. The zero-order valence-corrected chi connectivity index (χ0v) is 20.4. The third-order valence-electron chi connectivity index (χ3n) is 4.34. The quantitative estimate of drug-likeness (QED) is 0.0671. The van der Waals surface area contributed by atoms with Crippen molar-refractivity contribution in [3.05, 3.63) is 75.9 Å². The molecule has 0 bridgehead atoms. The van der Waals surface area contributed by atoms with E-state index in [0.717, 1.165) is 6.21 Å². The fourth-order valence-electron chi connectivity index (χ4n) is 2.63. The van der Waals surface area contributed by atoms with Crippen LogP contribution in [0.25, 0.3) is 5.76 Å². The minimum absolute atomic E-state index is 0.0237. The van der Waals surface area contributed by atoms with E-state index in [0.29, 0.717) is 18.7 Å². The van der Waals surface area contributed by atoms with Crippen LogP contribution in [0.4, 0.5) is 26.3 Å². The van der Waals surface area contributed by atoms with Crippen LogP contribution in [0.1, 0.15) is 43.1 Å². The van der Waals surface area contributed by atoms with E-state index >= 15 is 0 Å². The maximum Gasteiger partial charge on any atom is 0.343 e. The fraction of sp³-hybridized carbons (Fsp3) is 0.280. The van der Waals surface area contributed by atoms with Crippen LogP contribution in [0, 0.1) is 34.9 Å². The van der Waals surface area contributed by atoms with E-state index in [-0.39, 0.29) is 25.3 Å². The first-order valence-electron chi connectivity index (χ1n) is 11.0. The molecule has 0 aliphatic carbocycles. The number of aliphatic hydroxyl groups excluding tert-OH is 1. The molecule has 0 aliphatic rings. The summed E-state index contributed by atoms with van der Waals surface area (Å²) >= 11 is 0. The van der Waals surface area contributed by atoms with Crippen molar-refractivity contribution in [3.8, 4) is 0 Å². The minimum atomic E-state index is -1.40. The average Bonchev–Trinajstić information content (AvgIpc) is 2.84. The van der Waals surface area contributed by atoms with Gasteiger partial charge in [0.25, 0.3) is 0 Å². The third kappa shape index (κ3) is 9.05. The number of hydrogen-bond acceptors (Lipinski definition) is 7. The maximum atomic E-state index is 13.6. The maximum absolute atomic E-state index is 13.6. The number of halogens is 6. The highest BCUT2D eigenvalue weighted by molar-refractivity contribution is 6.15. The molecule has 0 spiro atoms. The second kappa shape index (κ2) is 15.2. The lowest BCUT2D eigenvalue weighted by Gasteiger charge is -2.08. The molecule has 2 rings (SSSR count). The van der Waals surface area contributed by atoms with Crippen molar-refractivity contribution in [2.45, 2.75) is 27.2 Å². The first-order chi connectivity index (χ1) is 17.9. The molecular formula is C25H23F6NO6. The summed E-state index contributed by atoms with van der Waals surface area (Å²) in [4.78, 5) is 37.8. The van der Waals surface area contributed by atoms with Gasteiger partial charge in [-0.2, -0.15) is 0 Å². The zero-order chi connectivity index (χ0) is 29.0. The van der Waals surface area contributed by atoms with Gasteiger partial charge in [-0.05, 0) is 32.9 Å². The van der Waals surface area contributed by atoms with Crippen LogP contribution in [-0.2, 0) is 19.1 Å². The molecule has 2 aromatic carbocycles. The molecule has 38 heavy (non-hydrogen) atoms. The van der Waals surface area contributed by atoms with E-state index in [2.05, 4.69) is 9.73 Å². The third-order valence-corrected chi connectivity index (χ3v) is 4.34. The molecule has 13 heteroatoms. The van der Waals surface area contributed by atoms with Crippen molar-refractivity contribution in [1.29, 1.82) is 0 Å². The van der Waals surface area contributed by atoms with E-state index in [1.807, 2.05) is 0 Å². The molecule has 206 valence electrons. The van der Waals surface area contributed by atoms with Gasteiger partial charge in [0.05, 0.1) is 24.3 Å². The number of esters is 2. The predicted octanol–water partition coefficient (Wildman–Crippen LogP) is 5.27. The number of hydrogen-bond donors (Lipinski definition) is 1. The van der Waals surface area contributed by atoms with Crippen LogP contribution in [0.2, 0.25) is 0 Å². The largest absolute Gasteiger partial charge is 0.506 e. The summed E-state index contributed by atoms with van der Waals surface area (Å²) in [5.74, 6) is -11.5. The zero-order valence-electron chi connectivity index (χ0n) is 20.4. The van der Waals surface area contributed by atoms with Gasteiger partial charge in [-0.15, -0.1) is 0 Å². The number of ether oxygens (including phenoxy) is 2. The highest BCUT2D eigenvalue weighted by Gasteiger charge is 2.21. The first kappa shape index (κ1) is 31.9. The second-order valence-electron chi connectivity index (χ2n) is 7.01. The van der Waals surface area contributed by atoms with Crippen LogP contribution < -0.4 is 0 Å². The minimum Gasteiger partial charge on any atom is -0.506 e. The van der Waals surface area contributed by atoms with Crippen LogP contribution in [0.3, 0.4) is 0 Å². The topological polar surface area (TPSA) is 102 Å². The molecular weight excluding hydrogens is 524 g/mol. The Morgan fingerprint density at radius 1 is 0.763 bits per heavy atom. The molecule has 0 heterocycles. The lowest BCUT2D eigenvalue weighted by Crippen LogP contribution is -2.13. The molecule has 0 atom stereocenters. The van der Waals surface area contributed by atoms with Gasteiger partial charge in [0.15, 0.2) is 29.1 Å². The lowest BCUT2D eigenvalue weighted by atomic mass is 10.1. The van der Waals surface area contributed by atoms with Gasteiger partial charge in [0, 0.05) is 24.9 Å². The first-order valence-corrected chi connectivity index (χ1v) is 11.0. The molecule has 0 saturated heterocycles. The number of benzene rings is 2. The van der Waals surface area contributed by atoms with Crippen molar-refractivity contribution in [1.82, 2.24) is 0 Å². The molecule has 2 aromatic rings. The van der Waals surface area contributed by atoms with Crippen LogP contribution in [0.5, 0.6) is 0 Å². The number of nitrogens with zero attached hydrogens (tertiary/aromatic N) is 1. The van der Waals surface area contributed by atoms with Gasteiger partial charge in [-0.3, -0.25) is 14.6 Å². The van der Waals surface area contributed by atoms with E-state index in [4.69, 9.17) is 4.74 Å². The number of carbonyl (C=O) groups excluding carboxylic acids is 3. The molecule has 0 unspecified atom stereocenters. The van der Waals surface area contributed by atoms with Crippen molar-refractivity contribution < 1.29 is 55.3 Å². The summed E-state index contributed by atoms with van der Waals surface area (Å²) in [7, 11) is 0. The Morgan fingerprint density at radius 2 is 1.24 bits per heavy atom. The molecule has 0 fully saturated rings. The Bertz CT molecular complexity index is 1250. The molecule has 0 radical (unpaired) electrons. The van der Waals surface area contributed by atoms with Crippen LogP contribution in [-0.4, -0.2) is 48.8 Å². The standard InChI is InChI=1S/C14H14F3NO3.C11H9F3O3/c1-3-18-7-9(14(20)21-4-2)13(19)8-5-11(16)12(17)6-10(8)15;1-2-17-11(16)5-10(15)6-3-8(13)9(14)4-7(6)12/h5-7,19H,3-4H2,1-2H3;3-4H,2,5H2,1H3. The summed E-state index contributed by atoms with van der Waals surface area (Å²) in [6, 6.07) is 1.42. The van der Waals surface area contributed by atoms with Gasteiger partial charge >= 0.3 is 11.9 Å². The van der Waals surface area contributed by atoms with Crippen LogP contribution >= 0.6 is 0 Å². The lowest BCUT2D eigenvalue weighted by molar-refractivity contribution is -0.142. The van der Waals surface area contributed by atoms with Gasteiger partial charge in [-0.1, -0.05) is 0 Å². The van der Waals surface area contributed by atoms with Crippen LogP contribution in [0.15, 0.2) is 34.8 Å². The Hall–Kier alpha value is -4.16. The number of ketones is 1. The summed E-state index contributed by atoms with van der Waals surface area (Å²) in [6.45, 7) is 5.16. The van der Waals surface area contributed by atoms with Gasteiger partial charge in [0.2, 0.25) is 0 Å². The van der Waals surface area contributed by atoms with Crippen molar-refractivity contribution in [2.75, 3.05) is 19.8 Å². The van der Waals surface area contributed by atoms with Gasteiger partial charge < -0.3 is 14.6 Å². The molecule has 0 amide bonds. The van der Waals surface area contributed by atoms with E-state index in [1.54, 1.807) is 20.8 Å². The normalized spacial score (nSPS) is 11.4. The fourth-order valence-corrected chi connectivity index (χ4v) is 2.63. The monoisotopic (exact) mass is 547 g/mol. The summed E-state index contributed by atoms with van der Waals surface area (Å²) < 4.78 is 87.3. The summed E-state index contributed by atoms with van der Waals surface area (Å²) in [5.41, 5.74) is -1.76. The highest BCUT2D eigenvalue weighted by Crippen LogP contribution is 2.22. The SMILES string of the molecule is CCN=CC(C(=O)OCC)=C(O)c1cc(F)c(F)cc1F.CCOC(=O)CC(=O)c1cc(F)c(F)cc1F. The molecule has 0 aliphatic heterocycles. The van der Waals surface area contributed by atoms with Crippen molar-refractivity contribution in [3.63, 3.8) is 0 Å². The Morgan fingerprint density at radius 3 is 1.74 bits per heavy atom. The second-order valence-corrected chi connectivity index (χ2v) is 7.01. The van der Waals surface area contributed by atoms with E-state index < -0.39 is 81.5 Å². The average molecular weight is 547 g/mol. The van der Waals surface area contributed by atoms with E-state index in [9.17, 15) is 45.8 Å². The number of aliphatic hydroxyl groups is 1. The predicted molar refractivity (Wildman–Crippen MR) is 123 cm³/mol. The van der Waals surface area contributed by atoms with Gasteiger partial charge in [0.1, 0.15) is 29.4 Å². The Kier molecular flexibility index (Phi) is 12.7. The Labute approximate surface area is 213 Å². The number of rotatable bonds is 9. The highest BCUT2D eigenvalue weighted by atomic mass is 19.2. The molecule has 0 aromatic heterocycles. The number of Topliss-reactive ketones (excluding diaryl/α,β-unsaturated/α-hetero) is 1.